The maximum Gasteiger partial charge on any atom is 0.317 e. The second-order valence-corrected chi connectivity index (χ2v) is 8.60. The molecule has 0 atom stereocenters. The van der Waals surface area contributed by atoms with Gasteiger partial charge < -0.3 is 19.7 Å². The van der Waals surface area contributed by atoms with Crippen LogP contribution in [0.3, 0.4) is 0 Å². The van der Waals surface area contributed by atoms with Crippen LogP contribution in [-0.2, 0) is 16.4 Å². The summed E-state index contributed by atoms with van der Waals surface area (Å²) in [6, 6.07) is 9.67. The van der Waals surface area contributed by atoms with Crippen LogP contribution in [0.5, 0.6) is 11.5 Å². The Kier molecular flexibility index (Phi) is 5.73. The molecule has 1 aliphatic rings. The van der Waals surface area contributed by atoms with Crippen molar-refractivity contribution in [3.8, 4) is 11.5 Å². The first-order valence-electron chi connectivity index (χ1n) is 8.58. The normalized spacial score (nSPS) is 14.3. The zero-order valence-electron chi connectivity index (χ0n) is 15.5. The number of nitrogens with zero attached hydrogens (tertiary/aromatic N) is 1. The van der Waals surface area contributed by atoms with Gasteiger partial charge >= 0.3 is 6.03 Å². The first-order chi connectivity index (χ1) is 13.3. The highest BCUT2D eigenvalue weighted by atomic mass is 32.2. The van der Waals surface area contributed by atoms with E-state index in [1.807, 2.05) is 0 Å². The molecule has 1 N–H and O–H groups in total. The minimum absolute atomic E-state index is 0.0595. The number of halogens is 1. The van der Waals surface area contributed by atoms with Gasteiger partial charge in [-0.15, -0.1) is 0 Å². The molecule has 2 amide bonds. The van der Waals surface area contributed by atoms with Gasteiger partial charge in [0.15, 0.2) is 21.3 Å². The summed E-state index contributed by atoms with van der Waals surface area (Å²) in [6.45, 7) is 0.458. The molecule has 1 fully saturated rings. The minimum Gasteiger partial charge on any atom is -0.493 e. The molecule has 0 spiro atoms. The van der Waals surface area contributed by atoms with E-state index in [0.717, 1.165) is 17.7 Å². The number of benzene rings is 2. The van der Waals surface area contributed by atoms with Crippen LogP contribution in [-0.4, -0.2) is 51.9 Å². The molecule has 2 aromatic carbocycles. The number of methoxy groups -OCH3 is 2. The third-order valence-corrected chi connectivity index (χ3v) is 6.71. The van der Waals surface area contributed by atoms with Crippen LogP contribution in [0, 0.1) is 5.82 Å². The zero-order valence-corrected chi connectivity index (χ0v) is 16.3. The summed E-state index contributed by atoms with van der Waals surface area (Å²) in [6.07, 6.45) is 0. The lowest BCUT2D eigenvalue weighted by atomic mass is 10.2. The molecule has 0 radical (unpaired) electrons. The fourth-order valence-corrected chi connectivity index (χ4v) is 4.55. The third kappa shape index (κ3) is 4.04. The molecule has 0 bridgehead atoms. The lowest BCUT2D eigenvalue weighted by molar-refractivity contribution is 0.168. The van der Waals surface area contributed by atoms with E-state index in [0.29, 0.717) is 11.5 Å². The standard InChI is InChI=1S/C19H21FN2O5S/c1-26-17-8-3-13(9-18(17)27-2)10-21-19(23)22-11-16(12-22)28(24,25)15-6-4-14(20)5-7-15/h3-9,16H,10-12H2,1-2H3,(H,21,23). The number of carbonyl (C=O) groups excluding carboxylic acids is 1. The van der Waals surface area contributed by atoms with Crippen molar-refractivity contribution >= 4 is 15.9 Å². The van der Waals surface area contributed by atoms with Crippen molar-refractivity contribution < 1.29 is 27.1 Å². The summed E-state index contributed by atoms with van der Waals surface area (Å²) in [5.74, 6) is 0.654. The average molecular weight is 408 g/mol. The molecule has 1 aliphatic heterocycles. The molecule has 9 heteroatoms. The van der Waals surface area contributed by atoms with Crippen LogP contribution in [0.15, 0.2) is 47.4 Å². The maximum absolute atomic E-state index is 13.0. The van der Waals surface area contributed by atoms with Crippen molar-refractivity contribution in [2.75, 3.05) is 27.3 Å². The van der Waals surface area contributed by atoms with Crippen LogP contribution in [0.2, 0.25) is 0 Å². The first kappa shape index (κ1) is 19.9. The predicted octanol–water partition coefficient (Wildman–Crippen LogP) is 2.21. The Bertz CT molecular complexity index is 957. The quantitative estimate of drug-likeness (QED) is 0.741. The van der Waals surface area contributed by atoms with Crippen LogP contribution < -0.4 is 14.8 Å². The van der Waals surface area contributed by atoms with Gasteiger partial charge in [0.05, 0.1) is 19.1 Å². The zero-order chi connectivity index (χ0) is 20.3. The fraction of sp³-hybridized carbons (Fsp3) is 0.316. The van der Waals surface area contributed by atoms with E-state index in [4.69, 9.17) is 9.47 Å². The maximum atomic E-state index is 13.0. The fourth-order valence-electron chi connectivity index (χ4n) is 2.90. The lowest BCUT2D eigenvalue weighted by Crippen LogP contribution is -2.59. The van der Waals surface area contributed by atoms with Crippen LogP contribution in [0.4, 0.5) is 9.18 Å². The number of nitrogens with one attached hydrogen (secondary N) is 1. The Morgan fingerprint density at radius 3 is 2.36 bits per heavy atom. The monoisotopic (exact) mass is 408 g/mol. The van der Waals surface area contributed by atoms with Gasteiger partial charge in [0, 0.05) is 19.6 Å². The smallest absolute Gasteiger partial charge is 0.317 e. The number of amides is 2. The second kappa shape index (κ2) is 8.05. The molecule has 0 aliphatic carbocycles. The first-order valence-corrected chi connectivity index (χ1v) is 10.1. The summed E-state index contributed by atoms with van der Waals surface area (Å²) in [5, 5.41) is 2.07. The van der Waals surface area contributed by atoms with Crippen molar-refractivity contribution in [3.63, 3.8) is 0 Å². The largest absolute Gasteiger partial charge is 0.493 e. The van der Waals surface area contributed by atoms with Gasteiger partial charge in [0.2, 0.25) is 0 Å². The Hall–Kier alpha value is -2.81. The van der Waals surface area contributed by atoms with Crippen LogP contribution in [0.25, 0.3) is 0 Å². The molecule has 0 unspecified atom stereocenters. The lowest BCUT2D eigenvalue weighted by Gasteiger charge is -2.38. The van der Waals surface area contributed by atoms with E-state index >= 15 is 0 Å². The number of hydrogen-bond acceptors (Lipinski definition) is 5. The topological polar surface area (TPSA) is 84.9 Å². The molecule has 0 saturated carbocycles. The Morgan fingerprint density at radius 1 is 1.11 bits per heavy atom. The molecular formula is C19H21FN2O5S. The van der Waals surface area contributed by atoms with E-state index in [1.54, 1.807) is 25.3 Å². The Balaban J connectivity index is 1.54. The van der Waals surface area contributed by atoms with E-state index in [1.165, 1.54) is 24.1 Å². The number of rotatable bonds is 6. The van der Waals surface area contributed by atoms with Gasteiger partial charge in [-0.3, -0.25) is 0 Å². The molecule has 1 saturated heterocycles. The summed E-state index contributed by atoms with van der Waals surface area (Å²) in [4.78, 5) is 13.7. The van der Waals surface area contributed by atoms with E-state index < -0.39 is 20.9 Å². The van der Waals surface area contributed by atoms with E-state index in [-0.39, 0.29) is 30.6 Å². The minimum atomic E-state index is -3.59. The van der Waals surface area contributed by atoms with Crippen molar-refractivity contribution in [1.82, 2.24) is 10.2 Å². The Morgan fingerprint density at radius 2 is 1.75 bits per heavy atom. The molecule has 1 heterocycles. The molecular weight excluding hydrogens is 387 g/mol. The molecule has 2 aromatic rings. The number of ether oxygens (including phenoxy) is 2. The summed E-state index contributed by atoms with van der Waals surface area (Å²) in [7, 11) is -0.517. The Labute approximate surface area is 163 Å². The highest BCUT2D eigenvalue weighted by Gasteiger charge is 2.40. The summed E-state index contributed by atoms with van der Waals surface area (Å²) < 4.78 is 48.4. The number of urea groups is 1. The highest BCUT2D eigenvalue weighted by Crippen LogP contribution is 2.28. The van der Waals surface area contributed by atoms with E-state index in [2.05, 4.69) is 5.32 Å². The van der Waals surface area contributed by atoms with Gasteiger partial charge in [0.1, 0.15) is 11.1 Å². The van der Waals surface area contributed by atoms with Crippen LogP contribution in [0.1, 0.15) is 5.56 Å². The number of hydrogen-bond donors (Lipinski definition) is 1. The molecule has 150 valence electrons. The summed E-state index contributed by atoms with van der Waals surface area (Å²) >= 11 is 0. The molecule has 7 nitrogen and oxygen atoms in total. The predicted molar refractivity (Wildman–Crippen MR) is 101 cm³/mol. The second-order valence-electron chi connectivity index (χ2n) is 6.37. The van der Waals surface area contributed by atoms with Crippen molar-refractivity contribution in [2.45, 2.75) is 16.7 Å². The number of sulfone groups is 1. The van der Waals surface area contributed by atoms with Gasteiger partial charge in [-0.05, 0) is 42.0 Å². The van der Waals surface area contributed by atoms with Gasteiger partial charge in [-0.2, -0.15) is 0 Å². The third-order valence-electron chi connectivity index (χ3n) is 4.61. The van der Waals surface area contributed by atoms with Gasteiger partial charge in [0.25, 0.3) is 0 Å². The van der Waals surface area contributed by atoms with E-state index in [9.17, 15) is 17.6 Å². The van der Waals surface area contributed by atoms with Gasteiger partial charge in [-0.1, -0.05) is 6.07 Å². The molecule has 0 aromatic heterocycles. The molecule has 28 heavy (non-hydrogen) atoms. The van der Waals surface area contributed by atoms with Crippen LogP contribution >= 0.6 is 0 Å². The SMILES string of the molecule is COc1ccc(CNC(=O)N2CC(S(=O)(=O)c3ccc(F)cc3)C2)cc1OC. The highest BCUT2D eigenvalue weighted by molar-refractivity contribution is 7.92. The van der Waals surface area contributed by atoms with Crippen molar-refractivity contribution in [1.29, 1.82) is 0 Å². The number of likely N-dealkylation sites (tertiary alicyclic amines) is 1. The average Bonchev–Trinajstić information content (AvgIpc) is 2.65. The molecule has 3 rings (SSSR count). The van der Waals surface area contributed by atoms with Gasteiger partial charge in [-0.25, -0.2) is 17.6 Å². The summed E-state index contributed by atoms with van der Waals surface area (Å²) in [5.41, 5.74) is 0.821. The van der Waals surface area contributed by atoms with Crippen molar-refractivity contribution in [2.24, 2.45) is 0 Å². The van der Waals surface area contributed by atoms with Crippen molar-refractivity contribution in [3.05, 3.63) is 53.8 Å². The number of carbonyl (C=O) groups is 1.